The van der Waals surface area contributed by atoms with Gasteiger partial charge in [-0.1, -0.05) is 116 Å². The van der Waals surface area contributed by atoms with Crippen molar-refractivity contribution in [2.24, 2.45) is 0 Å². The number of quaternary nitrogens is 1. The van der Waals surface area contributed by atoms with Gasteiger partial charge in [0.15, 0.2) is 5.78 Å². The fraction of sp³-hybridized carbons (Fsp3) is 0.931. The summed E-state index contributed by atoms with van der Waals surface area (Å²) >= 11 is 0. The molecule has 5 heteroatoms. The minimum atomic E-state index is -3.56. The minimum Gasteiger partial charge on any atom is -0.320 e. The van der Waals surface area contributed by atoms with Crippen LogP contribution < -0.4 is 0 Å². The zero-order chi connectivity index (χ0) is 25.5. The summed E-state index contributed by atoms with van der Waals surface area (Å²) in [4.78, 5) is 10.3. The van der Waals surface area contributed by atoms with Gasteiger partial charge in [0, 0.05) is 6.42 Å². The van der Waals surface area contributed by atoms with Crippen molar-refractivity contribution < 1.29 is 18.5 Å². The molecule has 0 saturated carbocycles. The van der Waals surface area contributed by atoms with Crippen LogP contribution in [-0.2, 0) is 9.09 Å². The lowest BCUT2D eigenvalue weighted by Gasteiger charge is -2.35. The average Bonchev–Trinajstić information content (AvgIpc) is 2.76. The van der Waals surface area contributed by atoms with Gasteiger partial charge in [-0.3, -0.25) is 4.57 Å². The van der Waals surface area contributed by atoms with Crippen LogP contribution >= 0.6 is 7.60 Å². The monoisotopic (exact) mass is 502 g/mol. The minimum absolute atomic E-state index is 0.354. The quantitative estimate of drug-likeness (QED) is 0.0585. The molecule has 34 heavy (non-hydrogen) atoms. The van der Waals surface area contributed by atoms with E-state index in [4.69, 9.17) is 4.52 Å². The van der Waals surface area contributed by atoms with Crippen LogP contribution in [0, 0.1) is 0 Å². The lowest BCUT2D eigenvalue weighted by Crippen LogP contribution is -2.44. The first-order valence-electron chi connectivity index (χ1n) is 14.7. The van der Waals surface area contributed by atoms with Gasteiger partial charge in [-0.05, 0) is 32.1 Å². The molecule has 0 aliphatic carbocycles. The second kappa shape index (κ2) is 22.1. The van der Waals surface area contributed by atoms with Crippen molar-refractivity contribution in [2.75, 3.05) is 27.7 Å². The molecule has 0 rings (SSSR count). The molecule has 0 spiro atoms. The maximum atomic E-state index is 12.5. The smallest absolute Gasteiger partial charge is 0.320 e. The summed E-state index contributed by atoms with van der Waals surface area (Å²) in [5.74, 6) is -0.354. The number of rotatable bonds is 25. The van der Waals surface area contributed by atoms with Crippen LogP contribution in [0.3, 0.4) is 0 Å². The third kappa shape index (κ3) is 20.1. The van der Waals surface area contributed by atoms with E-state index in [-0.39, 0.29) is 5.78 Å². The van der Waals surface area contributed by atoms with E-state index < -0.39 is 7.60 Å². The van der Waals surface area contributed by atoms with Gasteiger partial charge < -0.3 is 13.9 Å². The molecule has 0 saturated heterocycles. The summed E-state index contributed by atoms with van der Waals surface area (Å²) in [5, 5.41) is 0. The number of allylic oxidation sites excluding steroid dienone is 2. The number of nitrogens with zero attached hydrogens (tertiary/aromatic N) is 1. The highest BCUT2D eigenvalue weighted by Crippen LogP contribution is 2.51. The molecule has 0 aliphatic heterocycles. The highest BCUT2D eigenvalue weighted by Gasteiger charge is 2.41. The summed E-state index contributed by atoms with van der Waals surface area (Å²) in [6.45, 7) is 4.62. The van der Waals surface area contributed by atoms with E-state index in [9.17, 15) is 9.46 Å². The number of hydrogen-bond acceptors (Lipinski definition) is 2. The van der Waals surface area contributed by atoms with Gasteiger partial charge >= 0.3 is 7.60 Å². The maximum Gasteiger partial charge on any atom is 0.385 e. The number of unbranched alkanes of at least 4 members (excludes halogenated alkanes) is 17. The Kier molecular flexibility index (Phi) is 22.0. The average molecular weight is 503 g/mol. The van der Waals surface area contributed by atoms with E-state index in [1.54, 1.807) is 0 Å². The van der Waals surface area contributed by atoms with E-state index in [0.717, 1.165) is 25.7 Å². The van der Waals surface area contributed by atoms with Gasteiger partial charge in [0.1, 0.15) is 0 Å². The van der Waals surface area contributed by atoms with Gasteiger partial charge in [0.05, 0.1) is 27.7 Å². The van der Waals surface area contributed by atoms with Crippen LogP contribution in [0.2, 0.25) is 0 Å². The molecule has 2 atom stereocenters. The van der Waals surface area contributed by atoms with Crippen molar-refractivity contribution >= 4 is 7.60 Å². The lowest BCUT2D eigenvalue weighted by atomic mass is 10.0. The Balaban J connectivity index is 3.43. The van der Waals surface area contributed by atoms with Crippen LogP contribution in [0.15, 0.2) is 12.2 Å². The zero-order valence-corrected chi connectivity index (χ0v) is 24.6. The van der Waals surface area contributed by atoms with Crippen LogP contribution in [0.25, 0.3) is 0 Å². The fourth-order valence-electron chi connectivity index (χ4n) is 4.73. The van der Waals surface area contributed by atoms with Crippen molar-refractivity contribution in [1.82, 2.24) is 0 Å². The molecule has 204 valence electrons. The van der Waals surface area contributed by atoms with Crippen LogP contribution in [0.5, 0.6) is 0 Å². The molecule has 1 N–H and O–H groups in total. The van der Waals surface area contributed by atoms with Crippen molar-refractivity contribution in [2.45, 2.75) is 148 Å². The number of hydrogen-bond donors (Lipinski definition) is 1. The molecule has 0 amide bonds. The molecule has 0 aromatic carbocycles. The van der Waals surface area contributed by atoms with Crippen LogP contribution in [-0.4, -0.2) is 42.9 Å². The molecule has 0 bridgehead atoms. The molecule has 0 heterocycles. The first kappa shape index (κ1) is 33.8. The summed E-state index contributed by atoms with van der Waals surface area (Å²) in [6, 6.07) is 0. The third-order valence-corrected chi connectivity index (χ3v) is 9.18. The Morgan fingerprint density at radius 2 is 1.06 bits per heavy atom. The molecule has 0 aromatic rings. The Morgan fingerprint density at radius 3 is 1.44 bits per heavy atom. The fourth-order valence-corrected chi connectivity index (χ4v) is 6.63. The van der Waals surface area contributed by atoms with Gasteiger partial charge in [-0.15, -0.1) is 0 Å². The lowest BCUT2D eigenvalue weighted by molar-refractivity contribution is -0.883. The molecule has 2 unspecified atom stereocenters. The molecule has 0 fully saturated rings. The van der Waals surface area contributed by atoms with Crippen molar-refractivity contribution in [3.05, 3.63) is 12.2 Å². The Morgan fingerprint density at radius 1 is 0.676 bits per heavy atom. The normalized spacial score (nSPS) is 15.1. The van der Waals surface area contributed by atoms with E-state index in [1.165, 1.54) is 96.3 Å². The second-order valence-corrected chi connectivity index (χ2v) is 13.1. The summed E-state index contributed by atoms with van der Waals surface area (Å²) in [5.41, 5.74) is 0. The molecule has 0 radical (unpaired) electrons. The van der Waals surface area contributed by atoms with Crippen molar-refractivity contribution in [3.8, 4) is 0 Å². The highest BCUT2D eigenvalue weighted by molar-refractivity contribution is 7.53. The molecule has 0 aromatic heterocycles. The largest absolute Gasteiger partial charge is 0.385 e. The second-order valence-electron chi connectivity index (χ2n) is 11.1. The Bertz CT molecular complexity index is 516. The van der Waals surface area contributed by atoms with E-state index in [0.29, 0.717) is 17.5 Å². The van der Waals surface area contributed by atoms with Crippen LogP contribution in [0.1, 0.15) is 142 Å². The molecular formula is C29H61NO3P+. The summed E-state index contributed by atoms with van der Waals surface area (Å²) in [6.07, 6.45) is 30.4. The molecule has 0 aliphatic rings. The Hall–Kier alpha value is -0.150. The van der Waals surface area contributed by atoms with E-state index in [1.807, 2.05) is 28.1 Å². The molecular weight excluding hydrogens is 441 g/mol. The van der Waals surface area contributed by atoms with Crippen LogP contribution in [0.4, 0.5) is 0 Å². The van der Waals surface area contributed by atoms with Gasteiger partial charge in [-0.25, -0.2) is 0 Å². The van der Waals surface area contributed by atoms with E-state index in [2.05, 4.69) is 19.1 Å². The van der Waals surface area contributed by atoms with Gasteiger partial charge in [-0.2, -0.15) is 0 Å². The van der Waals surface area contributed by atoms with Crippen molar-refractivity contribution in [1.29, 1.82) is 0 Å². The topological polar surface area (TPSA) is 46.5 Å². The Labute approximate surface area is 214 Å². The van der Waals surface area contributed by atoms with Crippen molar-refractivity contribution in [3.63, 3.8) is 0 Å². The first-order valence-corrected chi connectivity index (χ1v) is 16.3. The maximum absolute atomic E-state index is 12.5. The van der Waals surface area contributed by atoms with Gasteiger partial charge in [0.25, 0.3) is 0 Å². The standard InChI is InChI=1S/C29H60NO3P/c1-6-8-9-10-11-12-13-14-15-16-17-18-19-20-21-22-23-24-25-26-27-28-33-34(31,32)29(7-2)30(3,4)5/h21-22,29H,6-20,23-28H2,1-5H3/p+1/b22-21-. The SMILES string of the molecule is CCCCCCCCCCCCCCC/C=C\CCCCCCOP(=O)(O)C(CC)[N+](C)(C)C. The predicted molar refractivity (Wildman–Crippen MR) is 150 cm³/mol. The summed E-state index contributed by atoms with van der Waals surface area (Å²) < 4.78 is 18.4. The molecule has 4 nitrogen and oxygen atoms in total. The first-order chi connectivity index (χ1) is 16.3. The zero-order valence-electron chi connectivity index (χ0n) is 23.7. The third-order valence-electron chi connectivity index (χ3n) is 6.82. The van der Waals surface area contributed by atoms with E-state index >= 15 is 0 Å². The predicted octanol–water partition coefficient (Wildman–Crippen LogP) is 9.62. The highest BCUT2D eigenvalue weighted by atomic mass is 31.2. The van der Waals surface area contributed by atoms with Gasteiger partial charge in [0.2, 0.25) is 0 Å². The summed E-state index contributed by atoms with van der Waals surface area (Å²) in [7, 11) is 2.29.